The third-order valence-corrected chi connectivity index (χ3v) is 3.88. The van der Waals surface area contributed by atoms with Gasteiger partial charge in [0, 0.05) is 31.6 Å². The third kappa shape index (κ3) is 6.39. The predicted octanol–water partition coefficient (Wildman–Crippen LogP) is 5.23. The van der Waals surface area contributed by atoms with Gasteiger partial charge in [0.25, 0.3) is 0 Å². The summed E-state index contributed by atoms with van der Waals surface area (Å²) in [6.45, 7) is 10.6. The summed E-state index contributed by atoms with van der Waals surface area (Å²) >= 11 is 0. The molecule has 0 aromatic rings. The van der Waals surface area contributed by atoms with Crippen molar-refractivity contribution in [1.29, 1.82) is 5.41 Å². The SMILES string of the molecule is C\C=C(/C=C(C=N)\C(=C\CC)NC)C(=NC)/C(C)=C(/C)CCC. The fourth-order valence-corrected chi connectivity index (χ4v) is 2.50. The minimum absolute atomic E-state index is 0.865. The molecule has 0 bridgehead atoms. The summed E-state index contributed by atoms with van der Waals surface area (Å²) in [5.74, 6) is 0. The number of rotatable bonds is 9. The maximum Gasteiger partial charge on any atom is 0.0668 e. The normalized spacial score (nSPS) is 15.4. The molecular formula is C20H33N3. The number of nitrogens with zero attached hydrogens (tertiary/aromatic N) is 1. The van der Waals surface area contributed by atoms with Crippen LogP contribution in [0.25, 0.3) is 0 Å². The predicted molar refractivity (Wildman–Crippen MR) is 105 cm³/mol. The maximum atomic E-state index is 7.74. The van der Waals surface area contributed by atoms with Crippen LogP contribution in [0.4, 0.5) is 0 Å². The molecule has 3 heteroatoms. The standard InChI is InChI=1S/C20H33N3/c1-8-11-15(4)16(5)20(23-7)17(10-3)13-18(14-21)19(22-6)12-9-2/h10,12-14,21-22H,8-9,11H2,1-7H3/b16-15-,17-10+,18-13-,19-12-,21-14?,23-20?. The second-order valence-corrected chi connectivity index (χ2v) is 5.49. The number of likely N-dealkylation sites (N-methyl/N-ethyl adjacent to an activating group) is 1. The molecule has 0 aliphatic carbocycles. The molecule has 0 saturated heterocycles. The molecule has 23 heavy (non-hydrogen) atoms. The first-order chi connectivity index (χ1) is 11.0. The number of hydrogen-bond donors (Lipinski definition) is 2. The molecule has 0 spiro atoms. The van der Waals surface area contributed by atoms with Crippen molar-refractivity contribution in [3.8, 4) is 0 Å². The van der Waals surface area contributed by atoms with Gasteiger partial charge < -0.3 is 10.7 Å². The van der Waals surface area contributed by atoms with E-state index in [2.05, 4.69) is 50.2 Å². The molecule has 3 nitrogen and oxygen atoms in total. The summed E-state index contributed by atoms with van der Waals surface area (Å²) in [7, 11) is 3.72. The molecule has 128 valence electrons. The van der Waals surface area contributed by atoms with Gasteiger partial charge in [0.2, 0.25) is 0 Å². The van der Waals surface area contributed by atoms with Gasteiger partial charge in [-0.2, -0.15) is 0 Å². The topological polar surface area (TPSA) is 48.2 Å². The first kappa shape index (κ1) is 21.1. The van der Waals surface area contributed by atoms with Crippen molar-refractivity contribution in [1.82, 2.24) is 5.32 Å². The Morgan fingerprint density at radius 2 is 1.83 bits per heavy atom. The van der Waals surface area contributed by atoms with Gasteiger partial charge in [-0.25, -0.2) is 0 Å². The Morgan fingerprint density at radius 1 is 1.17 bits per heavy atom. The highest BCUT2D eigenvalue weighted by molar-refractivity contribution is 6.14. The minimum atomic E-state index is 0.865. The summed E-state index contributed by atoms with van der Waals surface area (Å²) in [6.07, 6.45) is 10.7. The molecule has 2 N–H and O–H groups in total. The molecule has 0 aromatic carbocycles. The van der Waals surface area contributed by atoms with E-state index in [-0.39, 0.29) is 0 Å². The van der Waals surface area contributed by atoms with E-state index < -0.39 is 0 Å². The van der Waals surface area contributed by atoms with E-state index in [4.69, 9.17) is 5.41 Å². The van der Waals surface area contributed by atoms with Gasteiger partial charge >= 0.3 is 0 Å². The Labute approximate surface area is 142 Å². The highest BCUT2D eigenvalue weighted by atomic mass is 14.8. The van der Waals surface area contributed by atoms with E-state index in [1.807, 2.05) is 27.1 Å². The van der Waals surface area contributed by atoms with E-state index in [0.29, 0.717) is 0 Å². The van der Waals surface area contributed by atoms with Crippen LogP contribution in [-0.4, -0.2) is 26.0 Å². The van der Waals surface area contributed by atoms with Crippen LogP contribution in [0.1, 0.15) is 53.9 Å². The van der Waals surface area contributed by atoms with Crippen LogP contribution in [-0.2, 0) is 0 Å². The second-order valence-electron chi connectivity index (χ2n) is 5.49. The first-order valence-corrected chi connectivity index (χ1v) is 8.41. The van der Waals surface area contributed by atoms with Crippen LogP contribution in [0.15, 0.2) is 51.2 Å². The van der Waals surface area contributed by atoms with E-state index >= 15 is 0 Å². The van der Waals surface area contributed by atoms with Crippen molar-refractivity contribution in [3.63, 3.8) is 0 Å². The van der Waals surface area contributed by atoms with Crippen molar-refractivity contribution < 1.29 is 0 Å². The summed E-state index contributed by atoms with van der Waals surface area (Å²) in [4.78, 5) is 4.51. The first-order valence-electron chi connectivity index (χ1n) is 8.41. The van der Waals surface area contributed by atoms with Crippen molar-refractivity contribution in [2.45, 2.75) is 53.9 Å². The van der Waals surface area contributed by atoms with E-state index in [1.165, 1.54) is 17.4 Å². The fraction of sp³-hybridized carbons (Fsp3) is 0.500. The zero-order chi connectivity index (χ0) is 17.8. The van der Waals surface area contributed by atoms with Crippen LogP contribution in [0, 0.1) is 5.41 Å². The minimum Gasteiger partial charge on any atom is -0.388 e. The number of hydrogen-bond acceptors (Lipinski definition) is 3. The Kier molecular flexibility index (Phi) is 10.7. The molecule has 0 aromatic heterocycles. The Bertz CT molecular complexity index is 543. The monoisotopic (exact) mass is 315 g/mol. The Balaban J connectivity index is 5.91. The van der Waals surface area contributed by atoms with Crippen LogP contribution < -0.4 is 5.32 Å². The fourth-order valence-electron chi connectivity index (χ4n) is 2.50. The van der Waals surface area contributed by atoms with Crippen LogP contribution in [0.2, 0.25) is 0 Å². The largest absolute Gasteiger partial charge is 0.388 e. The zero-order valence-corrected chi connectivity index (χ0v) is 15.9. The van der Waals surface area contributed by atoms with Crippen molar-refractivity contribution in [2.75, 3.05) is 14.1 Å². The molecule has 0 unspecified atom stereocenters. The lowest BCUT2D eigenvalue weighted by Crippen LogP contribution is -2.11. The molecule has 0 amide bonds. The van der Waals surface area contributed by atoms with Gasteiger partial charge in [-0.3, -0.25) is 4.99 Å². The van der Waals surface area contributed by atoms with Gasteiger partial charge in [-0.15, -0.1) is 0 Å². The lowest BCUT2D eigenvalue weighted by atomic mass is 9.95. The average molecular weight is 316 g/mol. The zero-order valence-electron chi connectivity index (χ0n) is 15.9. The molecule has 0 atom stereocenters. The molecule has 0 saturated carbocycles. The number of nitrogens with one attached hydrogen (secondary N) is 2. The summed E-state index contributed by atoms with van der Waals surface area (Å²) in [5, 5.41) is 10.9. The van der Waals surface area contributed by atoms with Crippen molar-refractivity contribution >= 4 is 11.9 Å². The molecule has 0 rings (SSSR count). The quantitative estimate of drug-likeness (QED) is 0.444. The second kappa shape index (κ2) is 11.6. The number of allylic oxidation sites excluding steroid dienone is 7. The third-order valence-electron chi connectivity index (χ3n) is 3.88. The number of aliphatic imine (C=N–C) groups is 1. The van der Waals surface area contributed by atoms with Gasteiger partial charge in [0.1, 0.15) is 0 Å². The summed E-state index contributed by atoms with van der Waals surface area (Å²) < 4.78 is 0. The van der Waals surface area contributed by atoms with Gasteiger partial charge in [-0.1, -0.05) is 38.0 Å². The molecule has 0 aliphatic rings. The Hall–Kier alpha value is -1.90. The smallest absolute Gasteiger partial charge is 0.0668 e. The van der Waals surface area contributed by atoms with Crippen LogP contribution in [0.3, 0.4) is 0 Å². The van der Waals surface area contributed by atoms with Gasteiger partial charge in [0.15, 0.2) is 0 Å². The average Bonchev–Trinajstić information content (AvgIpc) is 2.56. The maximum absolute atomic E-state index is 7.74. The Morgan fingerprint density at radius 3 is 2.22 bits per heavy atom. The lowest BCUT2D eigenvalue weighted by molar-refractivity contribution is 0.897. The van der Waals surface area contributed by atoms with Crippen LogP contribution in [0.5, 0.6) is 0 Å². The molecule has 0 radical (unpaired) electrons. The van der Waals surface area contributed by atoms with Crippen LogP contribution >= 0.6 is 0 Å². The summed E-state index contributed by atoms with van der Waals surface area (Å²) in [6, 6.07) is 0. The van der Waals surface area contributed by atoms with Crippen molar-refractivity contribution in [3.05, 3.63) is 46.2 Å². The molecule has 0 aliphatic heterocycles. The lowest BCUT2D eigenvalue weighted by Gasteiger charge is -2.14. The molecule has 0 fully saturated rings. The van der Waals surface area contributed by atoms with Gasteiger partial charge in [0.05, 0.1) is 5.71 Å². The van der Waals surface area contributed by atoms with Gasteiger partial charge in [-0.05, 0) is 50.8 Å². The summed E-state index contributed by atoms with van der Waals surface area (Å²) in [5.41, 5.74) is 6.50. The molecule has 0 heterocycles. The van der Waals surface area contributed by atoms with Crippen molar-refractivity contribution in [2.24, 2.45) is 4.99 Å². The molecular weight excluding hydrogens is 282 g/mol. The van der Waals surface area contributed by atoms with E-state index in [0.717, 1.165) is 41.8 Å². The highest BCUT2D eigenvalue weighted by Gasteiger charge is 2.10. The van der Waals surface area contributed by atoms with E-state index in [9.17, 15) is 0 Å². The highest BCUT2D eigenvalue weighted by Crippen LogP contribution is 2.19. The van der Waals surface area contributed by atoms with E-state index in [1.54, 1.807) is 0 Å².